The molecule has 2 aromatic heterocycles. The van der Waals surface area contributed by atoms with E-state index in [9.17, 15) is 22.4 Å². The van der Waals surface area contributed by atoms with Gasteiger partial charge in [0.15, 0.2) is 0 Å². The highest BCUT2D eigenvalue weighted by molar-refractivity contribution is 7.16. The van der Waals surface area contributed by atoms with E-state index in [0.717, 1.165) is 15.9 Å². The quantitative estimate of drug-likeness (QED) is 0.578. The van der Waals surface area contributed by atoms with Crippen LogP contribution >= 0.6 is 11.3 Å². The van der Waals surface area contributed by atoms with Crippen LogP contribution in [0.2, 0.25) is 0 Å². The molecule has 0 unspecified atom stereocenters. The largest absolute Gasteiger partial charge is 0.377 e. The summed E-state index contributed by atoms with van der Waals surface area (Å²) >= 11 is 1.02. The number of alkyl halides is 4. The Labute approximate surface area is 149 Å². The van der Waals surface area contributed by atoms with Crippen LogP contribution in [0.1, 0.15) is 42.6 Å². The summed E-state index contributed by atoms with van der Waals surface area (Å²) in [7, 11) is 1.44. The lowest BCUT2D eigenvalue weighted by Gasteiger charge is -2.25. The van der Waals surface area contributed by atoms with E-state index in [1.165, 1.54) is 7.11 Å². The van der Waals surface area contributed by atoms with Crippen molar-refractivity contribution in [3.63, 3.8) is 0 Å². The molecule has 1 aliphatic rings. The van der Waals surface area contributed by atoms with Gasteiger partial charge in [-0.1, -0.05) is 24.7 Å². The van der Waals surface area contributed by atoms with Gasteiger partial charge >= 0.3 is 12.1 Å². The summed E-state index contributed by atoms with van der Waals surface area (Å²) in [6.07, 6.45) is -2.46. The maximum atomic E-state index is 14.5. The fourth-order valence-corrected chi connectivity index (χ4v) is 3.74. The minimum absolute atomic E-state index is 0.0768. The van der Waals surface area contributed by atoms with Crippen molar-refractivity contribution in [2.45, 2.75) is 51.4 Å². The number of halogens is 4. The molecule has 144 valence electrons. The third kappa shape index (κ3) is 3.11. The molecule has 1 aliphatic heterocycles. The topological polar surface area (TPSA) is 71.8 Å². The Kier molecular flexibility index (Phi) is 5.06. The summed E-state index contributed by atoms with van der Waals surface area (Å²) < 4.78 is 61.8. The number of methoxy groups -OCH3 is 1. The van der Waals surface area contributed by atoms with Crippen LogP contribution in [0, 0.1) is 0 Å². The van der Waals surface area contributed by atoms with Crippen molar-refractivity contribution >= 4 is 22.3 Å². The average molecular weight is 395 g/mol. The van der Waals surface area contributed by atoms with Crippen molar-refractivity contribution in [2.24, 2.45) is 0 Å². The van der Waals surface area contributed by atoms with E-state index in [2.05, 4.69) is 15.4 Å². The third-order valence-electron chi connectivity index (χ3n) is 4.05. The number of hydrogen-bond donors (Lipinski definition) is 1. The van der Waals surface area contributed by atoms with Gasteiger partial charge in [-0.15, -0.1) is 0 Å². The van der Waals surface area contributed by atoms with E-state index in [0.29, 0.717) is 11.4 Å². The van der Waals surface area contributed by atoms with Crippen LogP contribution in [0.5, 0.6) is 0 Å². The summed E-state index contributed by atoms with van der Waals surface area (Å²) in [5.41, 5.74) is -0.893. The number of fused-ring (bicyclic) bond motifs is 1. The second-order valence-corrected chi connectivity index (χ2v) is 6.87. The van der Waals surface area contributed by atoms with Gasteiger partial charge in [0.05, 0.1) is 18.8 Å². The number of nitrogens with one attached hydrogen (secondary N) is 1. The first-order chi connectivity index (χ1) is 12.3. The molecule has 0 aromatic carbocycles. The zero-order valence-corrected chi connectivity index (χ0v) is 14.8. The highest BCUT2D eigenvalue weighted by atomic mass is 32.1. The SMILES string of the molecule is CCC[C@@H]1NC(=O)N(Cc2c(C(F)F)nc3sc(COC)nn23)C1(F)F. The standard InChI is InChI=1S/C14H17F4N5O2S/c1-3-4-8-14(17,18)22(12(24)19-8)5-7-10(11(15)16)20-13-23(7)21-9(26-13)6-25-2/h8,11H,3-6H2,1-2H3,(H,19,24)/t8-/m0/s1. The molecule has 0 spiro atoms. The minimum atomic E-state index is -3.50. The van der Waals surface area contributed by atoms with E-state index >= 15 is 0 Å². The summed E-state index contributed by atoms with van der Waals surface area (Å²) in [4.78, 5) is 16.2. The lowest BCUT2D eigenvalue weighted by atomic mass is 10.1. The van der Waals surface area contributed by atoms with Gasteiger partial charge in [0, 0.05) is 7.11 Å². The summed E-state index contributed by atoms with van der Waals surface area (Å²) in [5.74, 6) is 0. The van der Waals surface area contributed by atoms with Crippen LogP contribution in [0.3, 0.4) is 0 Å². The number of ether oxygens (including phenoxy) is 1. The average Bonchev–Trinajstić information content (AvgIpc) is 3.15. The minimum Gasteiger partial charge on any atom is -0.377 e. The van der Waals surface area contributed by atoms with E-state index in [-0.39, 0.29) is 28.6 Å². The Morgan fingerprint density at radius 3 is 2.77 bits per heavy atom. The maximum Gasteiger partial charge on any atom is 0.349 e. The van der Waals surface area contributed by atoms with Crippen LogP contribution in [-0.4, -0.2) is 44.7 Å². The number of carbonyl (C=O) groups is 1. The van der Waals surface area contributed by atoms with Crippen molar-refractivity contribution in [2.75, 3.05) is 7.11 Å². The molecular formula is C14H17F4N5O2S. The third-order valence-corrected chi connectivity index (χ3v) is 4.93. The smallest absolute Gasteiger partial charge is 0.349 e. The molecule has 1 N–H and O–H groups in total. The molecule has 26 heavy (non-hydrogen) atoms. The van der Waals surface area contributed by atoms with Gasteiger partial charge in [-0.3, -0.25) is 4.90 Å². The van der Waals surface area contributed by atoms with E-state index < -0.39 is 36.8 Å². The van der Waals surface area contributed by atoms with Gasteiger partial charge in [0.1, 0.15) is 16.7 Å². The van der Waals surface area contributed by atoms with Crippen molar-refractivity contribution in [1.29, 1.82) is 0 Å². The Morgan fingerprint density at radius 1 is 1.42 bits per heavy atom. The first kappa shape index (κ1) is 18.8. The fourth-order valence-electron chi connectivity index (χ4n) is 2.85. The molecule has 12 heteroatoms. The number of amides is 2. The Morgan fingerprint density at radius 2 is 2.15 bits per heavy atom. The monoisotopic (exact) mass is 395 g/mol. The number of rotatable bonds is 7. The lowest BCUT2D eigenvalue weighted by molar-refractivity contribution is -0.122. The summed E-state index contributed by atoms with van der Waals surface area (Å²) in [5, 5.41) is 6.76. The van der Waals surface area contributed by atoms with Gasteiger partial charge in [-0.25, -0.2) is 23.1 Å². The highest BCUT2D eigenvalue weighted by Crippen LogP contribution is 2.35. The zero-order valence-electron chi connectivity index (χ0n) is 14.0. The predicted molar refractivity (Wildman–Crippen MR) is 84.3 cm³/mol. The molecule has 0 bridgehead atoms. The Balaban J connectivity index is 1.98. The Bertz CT molecular complexity index is 809. The van der Waals surface area contributed by atoms with Crippen molar-refractivity contribution in [3.05, 3.63) is 16.4 Å². The van der Waals surface area contributed by atoms with Crippen LogP contribution in [0.15, 0.2) is 0 Å². The van der Waals surface area contributed by atoms with Crippen molar-refractivity contribution in [1.82, 2.24) is 24.8 Å². The van der Waals surface area contributed by atoms with Crippen LogP contribution < -0.4 is 5.32 Å². The van der Waals surface area contributed by atoms with E-state index in [4.69, 9.17) is 4.74 Å². The highest BCUT2D eigenvalue weighted by Gasteiger charge is 2.54. The molecule has 3 heterocycles. The molecule has 7 nitrogen and oxygen atoms in total. The fraction of sp³-hybridized carbons (Fsp3) is 0.643. The molecule has 2 aromatic rings. The molecule has 3 rings (SSSR count). The zero-order chi connectivity index (χ0) is 19.1. The van der Waals surface area contributed by atoms with Gasteiger partial charge < -0.3 is 10.1 Å². The lowest BCUT2D eigenvalue weighted by Crippen LogP contribution is -2.43. The summed E-state index contributed by atoms with van der Waals surface area (Å²) in [6.45, 7) is 1.12. The second kappa shape index (κ2) is 6.99. The molecule has 0 aliphatic carbocycles. The number of imidazole rings is 1. The molecule has 2 amide bonds. The van der Waals surface area contributed by atoms with Gasteiger partial charge in [-0.05, 0) is 6.42 Å². The van der Waals surface area contributed by atoms with Gasteiger partial charge in [0.25, 0.3) is 6.43 Å². The van der Waals surface area contributed by atoms with Crippen LogP contribution in [0.4, 0.5) is 22.4 Å². The summed E-state index contributed by atoms with van der Waals surface area (Å²) in [6, 6.07) is -5.86. The number of carbonyl (C=O) groups excluding carboxylic acids is 1. The molecule has 0 saturated carbocycles. The van der Waals surface area contributed by atoms with E-state index in [1.807, 2.05) is 0 Å². The first-order valence-electron chi connectivity index (χ1n) is 7.89. The van der Waals surface area contributed by atoms with Crippen LogP contribution in [-0.2, 0) is 17.9 Å². The maximum absolute atomic E-state index is 14.5. The van der Waals surface area contributed by atoms with Crippen molar-refractivity contribution in [3.8, 4) is 0 Å². The Hall–Kier alpha value is -1.95. The number of aromatic nitrogens is 3. The molecule has 1 fully saturated rings. The molecule has 0 radical (unpaired) electrons. The molecular weight excluding hydrogens is 378 g/mol. The molecule has 1 saturated heterocycles. The van der Waals surface area contributed by atoms with Gasteiger partial charge in [0.2, 0.25) is 4.96 Å². The normalized spacial score (nSPS) is 19.7. The number of urea groups is 1. The van der Waals surface area contributed by atoms with Gasteiger partial charge in [-0.2, -0.15) is 13.9 Å². The van der Waals surface area contributed by atoms with Crippen LogP contribution in [0.25, 0.3) is 4.96 Å². The van der Waals surface area contributed by atoms with E-state index in [1.54, 1.807) is 6.92 Å². The first-order valence-corrected chi connectivity index (χ1v) is 8.71. The second-order valence-electron chi connectivity index (χ2n) is 5.83. The predicted octanol–water partition coefficient (Wildman–Crippen LogP) is 3.16. The molecule has 1 atom stereocenters. The number of nitrogens with zero attached hydrogens (tertiary/aromatic N) is 4. The number of hydrogen-bond acceptors (Lipinski definition) is 5. The van der Waals surface area contributed by atoms with Crippen molar-refractivity contribution < 1.29 is 27.1 Å².